The summed E-state index contributed by atoms with van der Waals surface area (Å²) in [6.07, 6.45) is 1.79. The molecule has 2 aromatic carbocycles. The molecular weight excluding hydrogens is 208 g/mol. The molecule has 0 saturated carbocycles. The number of benzene rings is 2. The number of hydrogen-bond acceptors (Lipinski definition) is 1. The highest BCUT2D eigenvalue weighted by Gasteiger charge is 2.04. The Morgan fingerprint density at radius 3 is 2.06 bits per heavy atom. The monoisotopic (exact) mass is 224 g/mol. The number of rotatable bonds is 3. The molecule has 0 amide bonds. The van der Waals surface area contributed by atoms with E-state index in [-0.39, 0.29) is 0 Å². The maximum atomic E-state index is 5.18. The second-order valence-electron chi connectivity index (χ2n) is 4.00. The zero-order chi connectivity index (χ0) is 12.1. The first-order valence-corrected chi connectivity index (χ1v) is 5.66. The van der Waals surface area contributed by atoms with Gasteiger partial charge in [-0.1, -0.05) is 60.2 Å². The molecular formula is C16H16O. The van der Waals surface area contributed by atoms with E-state index in [0.29, 0.717) is 0 Å². The quantitative estimate of drug-likeness (QED) is 0.715. The first-order valence-electron chi connectivity index (χ1n) is 5.66. The van der Waals surface area contributed by atoms with Gasteiger partial charge in [0.05, 0.1) is 13.4 Å². The number of ether oxygens (including phenoxy) is 1. The average Bonchev–Trinajstić information content (AvgIpc) is 2.38. The Bertz CT molecular complexity index is 495. The smallest absolute Gasteiger partial charge is 0.0909 e. The largest absolute Gasteiger partial charge is 0.504 e. The van der Waals surface area contributed by atoms with Crippen molar-refractivity contribution >= 4 is 5.57 Å². The number of hydrogen-bond donors (Lipinski definition) is 0. The second-order valence-corrected chi connectivity index (χ2v) is 4.00. The summed E-state index contributed by atoms with van der Waals surface area (Å²) in [7, 11) is 1.68. The Balaban J connectivity index is 2.44. The maximum absolute atomic E-state index is 5.18. The van der Waals surface area contributed by atoms with Crippen molar-refractivity contribution < 1.29 is 4.74 Å². The van der Waals surface area contributed by atoms with Gasteiger partial charge in [-0.05, 0) is 18.1 Å². The molecule has 2 rings (SSSR count). The molecule has 0 aliphatic carbocycles. The Hall–Kier alpha value is -2.02. The van der Waals surface area contributed by atoms with Crippen LogP contribution in [0.1, 0.15) is 16.7 Å². The molecule has 0 spiro atoms. The number of methoxy groups -OCH3 is 1. The van der Waals surface area contributed by atoms with Crippen LogP contribution in [0.5, 0.6) is 0 Å². The van der Waals surface area contributed by atoms with E-state index in [1.165, 1.54) is 16.7 Å². The first kappa shape index (κ1) is 11.5. The molecule has 0 atom stereocenters. The van der Waals surface area contributed by atoms with Crippen LogP contribution in [-0.4, -0.2) is 7.11 Å². The Morgan fingerprint density at radius 2 is 1.47 bits per heavy atom. The fourth-order valence-electron chi connectivity index (χ4n) is 1.77. The minimum Gasteiger partial charge on any atom is -0.504 e. The van der Waals surface area contributed by atoms with Gasteiger partial charge in [0.2, 0.25) is 0 Å². The van der Waals surface area contributed by atoms with Crippen molar-refractivity contribution in [3.8, 4) is 0 Å². The van der Waals surface area contributed by atoms with Crippen LogP contribution in [0, 0.1) is 6.92 Å². The van der Waals surface area contributed by atoms with Crippen molar-refractivity contribution in [3.63, 3.8) is 0 Å². The van der Waals surface area contributed by atoms with Gasteiger partial charge in [-0.25, -0.2) is 0 Å². The lowest BCUT2D eigenvalue weighted by molar-refractivity contribution is 0.340. The standard InChI is InChI=1S/C16H16O/c1-13-8-10-15(11-9-13)16(12-17-2)14-6-4-3-5-7-14/h3-12H,1-2H3/b16-12-. The third-order valence-electron chi connectivity index (χ3n) is 2.68. The van der Waals surface area contributed by atoms with E-state index in [2.05, 4.69) is 43.3 Å². The van der Waals surface area contributed by atoms with Gasteiger partial charge in [0.25, 0.3) is 0 Å². The van der Waals surface area contributed by atoms with E-state index in [4.69, 9.17) is 4.74 Å². The molecule has 2 aromatic rings. The van der Waals surface area contributed by atoms with Crippen LogP contribution < -0.4 is 0 Å². The average molecular weight is 224 g/mol. The summed E-state index contributed by atoms with van der Waals surface area (Å²) >= 11 is 0. The van der Waals surface area contributed by atoms with Crippen LogP contribution in [-0.2, 0) is 4.74 Å². The maximum Gasteiger partial charge on any atom is 0.0909 e. The highest BCUT2D eigenvalue weighted by Crippen LogP contribution is 2.23. The Kier molecular flexibility index (Phi) is 3.61. The van der Waals surface area contributed by atoms with Gasteiger partial charge in [-0.2, -0.15) is 0 Å². The second kappa shape index (κ2) is 5.35. The molecule has 17 heavy (non-hydrogen) atoms. The lowest BCUT2D eigenvalue weighted by Crippen LogP contribution is -1.89. The molecule has 86 valence electrons. The van der Waals surface area contributed by atoms with E-state index in [9.17, 15) is 0 Å². The van der Waals surface area contributed by atoms with Gasteiger partial charge >= 0.3 is 0 Å². The van der Waals surface area contributed by atoms with Crippen molar-refractivity contribution in [3.05, 3.63) is 77.5 Å². The van der Waals surface area contributed by atoms with Gasteiger partial charge in [-0.15, -0.1) is 0 Å². The van der Waals surface area contributed by atoms with E-state index >= 15 is 0 Å². The fraction of sp³-hybridized carbons (Fsp3) is 0.125. The molecule has 0 fully saturated rings. The van der Waals surface area contributed by atoms with Crippen molar-refractivity contribution in [2.45, 2.75) is 6.92 Å². The van der Waals surface area contributed by atoms with Crippen LogP contribution in [0.3, 0.4) is 0 Å². The van der Waals surface area contributed by atoms with Crippen molar-refractivity contribution in [1.82, 2.24) is 0 Å². The van der Waals surface area contributed by atoms with Crippen molar-refractivity contribution in [2.24, 2.45) is 0 Å². The van der Waals surface area contributed by atoms with Gasteiger partial charge in [-0.3, -0.25) is 0 Å². The molecule has 0 aliphatic rings. The molecule has 0 N–H and O–H groups in total. The van der Waals surface area contributed by atoms with E-state index in [1.807, 2.05) is 18.2 Å². The molecule has 0 heterocycles. The van der Waals surface area contributed by atoms with E-state index in [0.717, 1.165) is 5.57 Å². The van der Waals surface area contributed by atoms with E-state index in [1.54, 1.807) is 13.4 Å². The highest BCUT2D eigenvalue weighted by atomic mass is 16.5. The summed E-state index contributed by atoms with van der Waals surface area (Å²) in [4.78, 5) is 0. The van der Waals surface area contributed by atoms with Crippen LogP contribution >= 0.6 is 0 Å². The molecule has 1 nitrogen and oxygen atoms in total. The van der Waals surface area contributed by atoms with Crippen LogP contribution in [0.25, 0.3) is 5.57 Å². The van der Waals surface area contributed by atoms with E-state index < -0.39 is 0 Å². The first-order chi connectivity index (χ1) is 8.31. The van der Waals surface area contributed by atoms with Crippen LogP contribution in [0.4, 0.5) is 0 Å². The number of aryl methyl sites for hydroxylation is 1. The molecule has 0 bridgehead atoms. The fourth-order valence-corrected chi connectivity index (χ4v) is 1.77. The Labute approximate surface area is 102 Å². The van der Waals surface area contributed by atoms with Gasteiger partial charge in [0, 0.05) is 5.57 Å². The van der Waals surface area contributed by atoms with Gasteiger partial charge in [0.15, 0.2) is 0 Å². The highest BCUT2D eigenvalue weighted by molar-refractivity contribution is 5.79. The lowest BCUT2D eigenvalue weighted by Gasteiger charge is -2.08. The lowest BCUT2D eigenvalue weighted by atomic mass is 9.98. The summed E-state index contributed by atoms with van der Waals surface area (Å²) in [5.74, 6) is 0. The summed E-state index contributed by atoms with van der Waals surface area (Å²) in [5, 5.41) is 0. The molecule has 0 aliphatic heterocycles. The molecule has 0 radical (unpaired) electrons. The molecule has 0 aromatic heterocycles. The van der Waals surface area contributed by atoms with Crippen LogP contribution in [0.15, 0.2) is 60.9 Å². The predicted molar refractivity (Wildman–Crippen MR) is 71.7 cm³/mol. The Morgan fingerprint density at radius 1 is 0.882 bits per heavy atom. The zero-order valence-corrected chi connectivity index (χ0v) is 10.2. The van der Waals surface area contributed by atoms with Crippen molar-refractivity contribution in [1.29, 1.82) is 0 Å². The summed E-state index contributed by atoms with van der Waals surface area (Å²) in [6, 6.07) is 18.7. The molecule has 0 saturated heterocycles. The topological polar surface area (TPSA) is 9.23 Å². The minimum absolute atomic E-state index is 1.10. The van der Waals surface area contributed by atoms with Gasteiger partial charge in [0.1, 0.15) is 0 Å². The third kappa shape index (κ3) is 2.76. The SMILES string of the molecule is CO/C=C(/c1ccccc1)c1ccc(C)cc1. The third-order valence-corrected chi connectivity index (χ3v) is 2.68. The normalized spacial score (nSPS) is 11.3. The molecule has 1 heteroatoms. The van der Waals surface area contributed by atoms with Crippen LogP contribution in [0.2, 0.25) is 0 Å². The summed E-state index contributed by atoms with van der Waals surface area (Å²) in [6.45, 7) is 2.09. The summed E-state index contributed by atoms with van der Waals surface area (Å²) < 4.78 is 5.18. The zero-order valence-electron chi connectivity index (χ0n) is 10.2. The van der Waals surface area contributed by atoms with Gasteiger partial charge < -0.3 is 4.74 Å². The summed E-state index contributed by atoms with van der Waals surface area (Å²) in [5.41, 5.74) is 4.70. The minimum atomic E-state index is 1.10. The van der Waals surface area contributed by atoms with Crippen molar-refractivity contribution in [2.75, 3.05) is 7.11 Å². The predicted octanol–water partition coefficient (Wildman–Crippen LogP) is 4.03. The molecule has 0 unspecified atom stereocenters.